The average molecular weight is 202 g/mol. The van der Waals surface area contributed by atoms with Gasteiger partial charge < -0.3 is 16.6 Å². The minimum absolute atomic E-state index is 0.269. The largest absolute Gasteiger partial charge is 0.480 e. The number of hydrogen-bond acceptors (Lipinski definition) is 3. The SMILES string of the molecule is Nc1c(F)cc(F)cc1[C@@H](N)C(=O)O. The summed E-state index contributed by atoms with van der Waals surface area (Å²) < 4.78 is 25.5. The molecule has 0 unspecified atom stereocenters. The van der Waals surface area contributed by atoms with Crippen molar-refractivity contribution in [3.8, 4) is 0 Å². The van der Waals surface area contributed by atoms with E-state index in [0.29, 0.717) is 6.07 Å². The highest BCUT2D eigenvalue weighted by Crippen LogP contribution is 2.23. The summed E-state index contributed by atoms with van der Waals surface area (Å²) in [6, 6.07) is -0.162. The van der Waals surface area contributed by atoms with Crippen LogP contribution in [-0.2, 0) is 4.79 Å². The Kier molecular flexibility index (Phi) is 2.66. The van der Waals surface area contributed by atoms with Crippen molar-refractivity contribution in [2.24, 2.45) is 5.73 Å². The summed E-state index contributed by atoms with van der Waals surface area (Å²) in [7, 11) is 0. The van der Waals surface area contributed by atoms with Gasteiger partial charge in [0.2, 0.25) is 0 Å². The first-order chi connectivity index (χ1) is 6.43. The van der Waals surface area contributed by atoms with E-state index in [0.717, 1.165) is 6.07 Å². The molecule has 0 amide bonds. The van der Waals surface area contributed by atoms with E-state index in [1.165, 1.54) is 0 Å². The number of benzene rings is 1. The molecule has 76 valence electrons. The molecule has 0 fully saturated rings. The number of aliphatic carboxylic acids is 1. The van der Waals surface area contributed by atoms with Crippen molar-refractivity contribution in [3.63, 3.8) is 0 Å². The van der Waals surface area contributed by atoms with Crippen LogP contribution in [0.4, 0.5) is 14.5 Å². The summed E-state index contributed by atoms with van der Waals surface area (Å²) in [6.07, 6.45) is 0. The average Bonchev–Trinajstić information content (AvgIpc) is 2.09. The Hall–Kier alpha value is -1.69. The smallest absolute Gasteiger partial charge is 0.325 e. The van der Waals surface area contributed by atoms with E-state index in [1.54, 1.807) is 0 Å². The second-order valence-electron chi connectivity index (χ2n) is 2.71. The lowest BCUT2D eigenvalue weighted by Gasteiger charge is -2.10. The third-order valence-corrected chi connectivity index (χ3v) is 1.73. The predicted octanol–water partition coefficient (Wildman–Crippen LogP) is 0.631. The normalized spacial score (nSPS) is 12.5. The molecule has 5 N–H and O–H groups in total. The van der Waals surface area contributed by atoms with Gasteiger partial charge in [-0.05, 0) is 6.07 Å². The van der Waals surface area contributed by atoms with Crippen LogP contribution in [0.3, 0.4) is 0 Å². The third-order valence-electron chi connectivity index (χ3n) is 1.73. The zero-order valence-corrected chi connectivity index (χ0v) is 7.00. The molecule has 0 radical (unpaired) electrons. The fraction of sp³-hybridized carbons (Fsp3) is 0.125. The van der Waals surface area contributed by atoms with Crippen LogP contribution in [0.5, 0.6) is 0 Å². The minimum atomic E-state index is -1.53. The number of hydrogen-bond donors (Lipinski definition) is 3. The molecule has 1 rings (SSSR count). The second-order valence-corrected chi connectivity index (χ2v) is 2.71. The summed E-state index contributed by atoms with van der Waals surface area (Å²) >= 11 is 0. The monoisotopic (exact) mass is 202 g/mol. The van der Waals surface area contributed by atoms with Gasteiger partial charge in [-0.25, -0.2) is 8.78 Å². The molecule has 4 nitrogen and oxygen atoms in total. The van der Waals surface area contributed by atoms with Crippen molar-refractivity contribution in [1.82, 2.24) is 0 Å². The number of carbonyl (C=O) groups is 1. The maximum absolute atomic E-state index is 12.9. The van der Waals surface area contributed by atoms with Crippen LogP contribution in [0.1, 0.15) is 11.6 Å². The first-order valence-electron chi connectivity index (χ1n) is 3.66. The molecule has 14 heavy (non-hydrogen) atoms. The van der Waals surface area contributed by atoms with Gasteiger partial charge in [0.05, 0.1) is 5.69 Å². The zero-order chi connectivity index (χ0) is 10.9. The number of nitrogens with two attached hydrogens (primary N) is 2. The molecule has 6 heteroatoms. The molecule has 0 aliphatic carbocycles. The van der Waals surface area contributed by atoms with E-state index >= 15 is 0 Å². The maximum Gasteiger partial charge on any atom is 0.325 e. The molecule has 0 aliphatic rings. The molecule has 0 saturated carbocycles. The third kappa shape index (κ3) is 1.80. The molecular formula is C8H8F2N2O2. The Labute approximate surface area is 78.1 Å². The van der Waals surface area contributed by atoms with E-state index in [1.807, 2.05) is 0 Å². The predicted molar refractivity (Wildman–Crippen MR) is 45.3 cm³/mol. The number of carboxylic acids is 1. The minimum Gasteiger partial charge on any atom is -0.480 e. The quantitative estimate of drug-likeness (QED) is 0.613. The van der Waals surface area contributed by atoms with Crippen LogP contribution < -0.4 is 11.5 Å². The van der Waals surface area contributed by atoms with Gasteiger partial charge in [0.15, 0.2) is 0 Å². The van der Waals surface area contributed by atoms with Gasteiger partial charge in [0.1, 0.15) is 17.7 Å². The fourth-order valence-electron chi connectivity index (χ4n) is 0.995. The molecule has 0 heterocycles. The van der Waals surface area contributed by atoms with Crippen molar-refractivity contribution in [2.45, 2.75) is 6.04 Å². The first-order valence-corrected chi connectivity index (χ1v) is 3.66. The molecule has 1 aromatic rings. The molecule has 0 aliphatic heterocycles. The molecule has 0 saturated heterocycles. The lowest BCUT2D eigenvalue weighted by atomic mass is 10.1. The first kappa shape index (κ1) is 10.4. The lowest BCUT2D eigenvalue weighted by Crippen LogP contribution is -2.22. The molecule has 0 aromatic heterocycles. The Balaban J connectivity index is 3.26. The fourth-order valence-corrected chi connectivity index (χ4v) is 0.995. The maximum atomic E-state index is 12.9. The van der Waals surface area contributed by atoms with Crippen LogP contribution in [-0.4, -0.2) is 11.1 Å². The lowest BCUT2D eigenvalue weighted by molar-refractivity contribution is -0.138. The van der Waals surface area contributed by atoms with Crippen LogP contribution >= 0.6 is 0 Å². The Bertz CT molecular complexity index is 382. The zero-order valence-electron chi connectivity index (χ0n) is 7.00. The summed E-state index contributed by atoms with van der Waals surface area (Å²) in [5.41, 5.74) is 9.66. The van der Waals surface area contributed by atoms with E-state index in [-0.39, 0.29) is 5.56 Å². The summed E-state index contributed by atoms with van der Waals surface area (Å²) in [4.78, 5) is 10.4. The van der Waals surface area contributed by atoms with Crippen LogP contribution in [0.15, 0.2) is 12.1 Å². The van der Waals surface area contributed by atoms with Gasteiger partial charge in [0.25, 0.3) is 0 Å². The van der Waals surface area contributed by atoms with E-state index in [2.05, 4.69) is 0 Å². The van der Waals surface area contributed by atoms with Crippen LogP contribution in [0, 0.1) is 11.6 Å². The van der Waals surface area contributed by atoms with Crippen LogP contribution in [0.2, 0.25) is 0 Å². The summed E-state index contributed by atoms with van der Waals surface area (Å²) in [5.74, 6) is -3.33. The molecule has 1 aromatic carbocycles. The van der Waals surface area contributed by atoms with Crippen LogP contribution in [0.25, 0.3) is 0 Å². The summed E-state index contributed by atoms with van der Waals surface area (Å²) in [6.45, 7) is 0. The number of halogens is 2. The van der Waals surface area contributed by atoms with Crippen molar-refractivity contribution in [1.29, 1.82) is 0 Å². The van der Waals surface area contributed by atoms with E-state index < -0.39 is 29.3 Å². The van der Waals surface area contributed by atoms with Gasteiger partial charge >= 0.3 is 5.97 Å². The Morgan fingerprint density at radius 3 is 2.50 bits per heavy atom. The van der Waals surface area contributed by atoms with Crippen molar-refractivity contribution in [3.05, 3.63) is 29.3 Å². The highest BCUT2D eigenvalue weighted by Gasteiger charge is 2.20. The van der Waals surface area contributed by atoms with Gasteiger partial charge in [0, 0.05) is 11.6 Å². The van der Waals surface area contributed by atoms with Gasteiger partial charge in [-0.3, -0.25) is 4.79 Å². The Morgan fingerprint density at radius 2 is 2.00 bits per heavy atom. The highest BCUT2D eigenvalue weighted by atomic mass is 19.1. The van der Waals surface area contributed by atoms with E-state index in [4.69, 9.17) is 16.6 Å². The van der Waals surface area contributed by atoms with Gasteiger partial charge in [-0.1, -0.05) is 0 Å². The number of nitrogen functional groups attached to an aromatic ring is 1. The molecule has 0 spiro atoms. The van der Waals surface area contributed by atoms with Gasteiger partial charge in [-0.2, -0.15) is 0 Å². The molecular weight excluding hydrogens is 194 g/mol. The number of carboxylic acid groups (broad SMARTS) is 1. The topological polar surface area (TPSA) is 89.3 Å². The number of rotatable bonds is 2. The number of anilines is 1. The Morgan fingerprint density at radius 1 is 1.43 bits per heavy atom. The second kappa shape index (κ2) is 3.59. The standard InChI is InChI=1S/C8H8F2N2O2/c9-3-1-4(7(12)8(13)14)6(11)5(10)2-3/h1-2,7H,11-12H2,(H,13,14)/t7-/m1/s1. The van der Waals surface area contributed by atoms with E-state index in [9.17, 15) is 13.6 Å². The van der Waals surface area contributed by atoms with Crippen molar-refractivity contribution < 1.29 is 18.7 Å². The molecule has 1 atom stereocenters. The highest BCUT2D eigenvalue weighted by molar-refractivity contribution is 5.77. The van der Waals surface area contributed by atoms with Crippen molar-refractivity contribution in [2.75, 3.05) is 5.73 Å². The van der Waals surface area contributed by atoms with Crippen molar-refractivity contribution >= 4 is 11.7 Å². The summed E-state index contributed by atoms with van der Waals surface area (Å²) in [5, 5.41) is 8.52. The molecule has 0 bridgehead atoms. The van der Waals surface area contributed by atoms with Gasteiger partial charge in [-0.15, -0.1) is 0 Å².